The maximum Gasteiger partial charge on any atom is 0.433 e. The smallest absolute Gasteiger partial charge is 0.302 e. The molecular weight excluding hydrogens is 525 g/mol. The van der Waals surface area contributed by atoms with Gasteiger partial charge < -0.3 is 5.32 Å². The summed E-state index contributed by atoms with van der Waals surface area (Å²) in [5.74, 6) is -0.0909. The number of amides is 1. The maximum atomic E-state index is 12.9. The number of pyridine rings is 1. The summed E-state index contributed by atoms with van der Waals surface area (Å²) in [5.41, 5.74) is 1.31. The Morgan fingerprint density at radius 1 is 1.16 bits per heavy atom. The Kier molecular flexibility index (Phi) is 7.46. The van der Waals surface area contributed by atoms with Crippen molar-refractivity contribution in [2.45, 2.75) is 56.9 Å². The number of alkyl halides is 3. The van der Waals surface area contributed by atoms with Crippen LogP contribution in [0.2, 0.25) is 0 Å². The van der Waals surface area contributed by atoms with Gasteiger partial charge in [0.15, 0.2) is 15.0 Å². The summed E-state index contributed by atoms with van der Waals surface area (Å²) in [5, 5.41) is 3.32. The van der Waals surface area contributed by atoms with Crippen molar-refractivity contribution >= 4 is 32.2 Å². The molecule has 0 saturated heterocycles. The molecule has 1 aromatic carbocycles. The van der Waals surface area contributed by atoms with Crippen LogP contribution in [0, 0.1) is 5.92 Å². The van der Waals surface area contributed by atoms with Crippen LogP contribution in [0.15, 0.2) is 47.5 Å². The Morgan fingerprint density at radius 3 is 2.38 bits per heavy atom. The number of benzene rings is 1. The number of nitrogens with one attached hydrogen (secondary N) is 1. The second kappa shape index (κ2) is 10.1. The molecule has 2 aromatic heterocycles. The van der Waals surface area contributed by atoms with Crippen LogP contribution in [0.5, 0.6) is 0 Å². The molecule has 0 saturated carbocycles. The highest BCUT2D eigenvalue weighted by molar-refractivity contribution is 7.90. The van der Waals surface area contributed by atoms with E-state index in [1.807, 2.05) is 6.92 Å². The van der Waals surface area contributed by atoms with E-state index in [4.69, 9.17) is 4.98 Å². The lowest BCUT2D eigenvalue weighted by atomic mass is 9.99. The highest BCUT2D eigenvalue weighted by Crippen LogP contribution is 2.46. The van der Waals surface area contributed by atoms with Gasteiger partial charge in [-0.2, -0.15) is 13.2 Å². The van der Waals surface area contributed by atoms with Gasteiger partial charge in [0.05, 0.1) is 23.1 Å². The third-order valence-corrected chi connectivity index (χ3v) is 8.44. The molecular formula is C25H27F3N4O3S2. The van der Waals surface area contributed by atoms with Gasteiger partial charge in [-0.3, -0.25) is 14.7 Å². The quantitative estimate of drug-likeness (QED) is 0.421. The third-order valence-electron chi connectivity index (χ3n) is 6.34. The molecule has 37 heavy (non-hydrogen) atoms. The number of rotatable bonds is 7. The van der Waals surface area contributed by atoms with Crippen molar-refractivity contribution in [2.75, 3.05) is 11.6 Å². The number of sulfone groups is 1. The zero-order valence-electron chi connectivity index (χ0n) is 20.7. The lowest BCUT2D eigenvalue weighted by molar-refractivity contribution is -0.141. The minimum atomic E-state index is -4.48. The van der Waals surface area contributed by atoms with Crippen LogP contribution in [-0.2, 0) is 33.8 Å². The number of carbonyl (C=O) groups is 1. The number of fused-ring (bicyclic) bond motifs is 1. The zero-order valence-corrected chi connectivity index (χ0v) is 22.3. The lowest BCUT2D eigenvalue weighted by Crippen LogP contribution is -2.29. The van der Waals surface area contributed by atoms with E-state index in [9.17, 15) is 26.4 Å². The molecule has 7 nitrogen and oxygen atoms in total. The van der Waals surface area contributed by atoms with Gasteiger partial charge in [-0.15, -0.1) is 11.3 Å². The molecule has 2 atom stereocenters. The fourth-order valence-corrected chi connectivity index (χ4v) is 6.13. The van der Waals surface area contributed by atoms with Gasteiger partial charge in [0.2, 0.25) is 5.91 Å². The molecule has 0 aliphatic carbocycles. The van der Waals surface area contributed by atoms with Crippen LogP contribution >= 0.6 is 11.3 Å². The van der Waals surface area contributed by atoms with Crippen molar-refractivity contribution in [3.8, 4) is 0 Å². The Bertz CT molecular complexity index is 1390. The van der Waals surface area contributed by atoms with Crippen molar-refractivity contribution in [3.05, 3.63) is 70.0 Å². The first-order valence-corrected chi connectivity index (χ1v) is 14.3. The predicted octanol–water partition coefficient (Wildman–Crippen LogP) is 5.42. The van der Waals surface area contributed by atoms with Crippen LogP contribution in [0.4, 0.5) is 18.3 Å². The maximum absolute atomic E-state index is 12.9. The average Bonchev–Trinajstić information content (AvgIpc) is 3.34. The van der Waals surface area contributed by atoms with E-state index >= 15 is 0 Å². The summed E-state index contributed by atoms with van der Waals surface area (Å²) in [6.07, 6.45) is -2.00. The second-order valence-electron chi connectivity index (χ2n) is 9.48. The number of aromatic nitrogens is 2. The van der Waals surface area contributed by atoms with Crippen molar-refractivity contribution in [1.82, 2.24) is 14.9 Å². The molecule has 1 amide bonds. The number of hydrogen-bond donors (Lipinski definition) is 1. The first kappa shape index (κ1) is 27.2. The van der Waals surface area contributed by atoms with E-state index in [-0.39, 0.29) is 35.2 Å². The van der Waals surface area contributed by atoms with Crippen LogP contribution in [0.1, 0.15) is 60.2 Å². The molecule has 0 spiro atoms. The summed E-state index contributed by atoms with van der Waals surface area (Å²) in [6.45, 7) is 6.61. The van der Waals surface area contributed by atoms with Crippen LogP contribution in [-0.4, -0.2) is 35.4 Å². The van der Waals surface area contributed by atoms with Crippen LogP contribution in [0.25, 0.3) is 0 Å². The van der Waals surface area contributed by atoms with Crippen LogP contribution in [0.3, 0.4) is 0 Å². The van der Waals surface area contributed by atoms with E-state index in [0.717, 1.165) is 22.9 Å². The number of hydrogen-bond acceptors (Lipinski definition) is 7. The number of thiazole rings is 1. The van der Waals surface area contributed by atoms with E-state index in [1.54, 1.807) is 12.1 Å². The molecule has 0 unspecified atom stereocenters. The summed E-state index contributed by atoms with van der Waals surface area (Å²) >= 11 is 1.38. The first-order valence-electron chi connectivity index (χ1n) is 11.6. The molecule has 0 bridgehead atoms. The number of anilines is 1. The first-order chi connectivity index (χ1) is 17.2. The minimum Gasteiger partial charge on any atom is -0.302 e. The average molecular weight is 553 g/mol. The largest absolute Gasteiger partial charge is 0.433 e. The number of nitrogens with zero attached hydrogens (tertiary/aromatic N) is 3. The Morgan fingerprint density at radius 2 is 1.84 bits per heavy atom. The monoisotopic (exact) mass is 552 g/mol. The van der Waals surface area contributed by atoms with Crippen molar-refractivity contribution in [3.63, 3.8) is 0 Å². The third kappa shape index (κ3) is 6.02. The fraction of sp³-hybridized carbons (Fsp3) is 0.400. The highest BCUT2D eigenvalue weighted by atomic mass is 32.2. The SMILES string of the molecule is CC(C)[C@H]1c2nc(NC(=O)Cc3ccc(S(C)(=O)=O)cc3)sc2CN1[C@H](C)c1ccc(C(F)(F)F)nc1. The summed E-state index contributed by atoms with van der Waals surface area (Å²) < 4.78 is 61.9. The molecule has 0 radical (unpaired) electrons. The number of carbonyl (C=O) groups excluding carboxylic acids is 1. The Balaban J connectivity index is 1.45. The zero-order chi connectivity index (χ0) is 27.1. The summed E-state index contributed by atoms with van der Waals surface area (Å²) in [7, 11) is -3.31. The van der Waals surface area contributed by atoms with E-state index in [2.05, 4.69) is 29.0 Å². The molecule has 198 valence electrons. The van der Waals surface area contributed by atoms with Crippen molar-refractivity contribution in [1.29, 1.82) is 0 Å². The van der Waals surface area contributed by atoms with E-state index in [0.29, 0.717) is 22.8 Å². The van der Waals surface area contributed by atoms with E-state index in [1.165, 1.54) is 35.7 Å². The second-order valence-corrected chi connectivity index (χ2v) is 12.6. The fourth-order valence-electron chi connectivity index (χ4n) is 4.47. The molecule has 4 rings (SSSR count). The van der Waals surface area contributed by atoms with E-state index < -0.39 is 21.7 Å². The normalized spacial score (nSPS) is 17.1. The van der Waals surface area contributed by atoms with Gasteiger partial charge in [-0.25, -0.2) is 13.4 Å². The molecule has 12 heteroatoms. The molecule has 1 N–H and O–H groups in total. The Labute approximate surface area is 217 Å². The van der Waals surface area contributed by atoms with Crippen molar-refractivity contribution < 1.29 is 26.4 Å². The van der Waals surface area contributed by atoms with Gasteiger partial charge in [0, 0.05) is 29.9 Å². The Hall–Kier alpha value is -2.83. The highest BCUT2D eigenvalue weighted by Gasteiger charge is 2.39. The summed E-state index contributed by atoms with van der Waals surface area (Å²) in [4.78, 5) is 24.3. The number of halogens is 3. The van der Waals surface area contributed by atoms with Gasteiger partial charge in [0.25, 0.3) is 0 Å². The molecule has 3 heterocycles. The lowest BCUT2D eigenvalue weighted by Gasteiger charge is -2.33. The molecule has 3 aromatic rings. The molecule has 1 aliphatic heterocycles. The van der Waals surface area contributed by atoms with Gasteiger partial charge >= 0.3 is 6.18 Å². The van der Waals surface area contributed by atoms with Gasteiger partial charge in [-0.1, -0.05) is 32.0 Å². The van der Waals surface area contributed by atoms with Crippen LogP contribution < -0.4 is 5.32 Å². The van der Waals surface area contributed by atoms with Gasteiger partial charge in [-0.05, 0) is 42.2 Å². The molecule has 1 aliphatic rings. The molecule has 0 fully saturated rings. The van der Waals surface area contributed by atoms with Gasteiger partial charge in [0.1, 0.15) is 5.69 Å². The summed E-state index contributed by atoms with van der Waals surface area (Å²) in [6, 6.07) is 8.39. The topological polar surface area (TPSA) is 92.3 Å². The standard InChI is InChI=1S/C25H27F3N4O3S2/c1-14(2)23-22-19(13-32(23)15(3)17-7-10-20(29-12-17)25(26,27)28)36-24(31-22)30-21(33)11-16-5-8-18(9-6-16)37(4,34)35/h5-10,12,14-15,23H,11,13H2,1-4H3,(H,30,31,33)/t15-,23+/m1/s1. The minimum absolute atomic E-state index is 0.0715. The van der Waals surface area contributed by atoms with Crippen molar-refractivity contribution in [2.24, 2.45) is 5.92 Å². The predicted molar refractivity (Wildman–Crippen MR) is 135 cm³/mol.